The van der Waals surface area contributed by atoms with Crippen LogP contribution in [0.3, 0.4) is 0 Å². The summed E-state index contributed by atoms with van der Waals surface area (Å²) in [6.45, 7) is 7.61. The van der Waals surface area contributed by atoms with Gasteiger partial charge in [0.1, 0.15) is 11.6 Å². The molecular weight excluding hydrogens is 260 g/mol. The van der Waals surface area contributed by atoms with E-state index in [1.54, 1.807) is 0 Å². The fourth-order valence-corrected chi connectivity index (χ4v) is 2.81. The lowest BCUT2D eigenvalue weighted by molar-refractivity contribution is 0.0616. The van der Waals surface area contributed by atoms with Gasteiger partial charge in [0.25, 0.3) is 0 Å². The van der Waals surface area contributed by atoms with Crippen molar-refractivity contribution in [2.45, 2.75) is 45.8 Å². The number of benzene rings is 1. The molecule has 20 heavy (non-hydrogen) atoms. The first-order chi connectivity index (χ1) is 9.43. The van der Waals surface area contributed by atoms with Crippen LogP contribution >= 0.6 is 0 Å². The van der Waals surface area contributed by atoms with Crippen molar-refractivity contribution in [2.24, 2.45) is 5.41 Å². The van der Waals surface area contributed by atoms with Gasteiger partial charge in [-0.15, -0.1) is 0 Å². The lowest BCUT2D eigenvalue weighted by atomic mass is 9.76. The third-order valence-electron chi connectivity index (χ3n) is 4.24. The zero-order chi connectivity index (χ0) is 14.8. The van der Waals surface area contributed by atoms with Gasteiger partial charge in [0, 0.05) is 24.6 Å². The van der Waals surface area contributed by atoms with Crippen molar-refractivity contribution in [1.82, 2.24) is 5.32 Å². The van der Waals surface area contributed by atoms with E-state index < -0.39 is 0 Å². The van der Waals surface area contributed by atoms with E-state index in [2.05, 4.69) is 19.2 Å². The third kappa shape index (κ3) is 3.36. The Labute approximate surface area is 119 Å². The van der Waals surface area contributed by atoms with E-state index in [0.29, 0.717) is 24.6 Å². The van der Waals surface area contributed by atoms with E-state index in [0.717, 1.165) is 19.0 Å². The molecule has 1 aromatic rings. The molecule has 1 aromatic carbocycles. The van der Waals surface area contributed by atoms with Crippen molar-refractivity contribution in [1.29, 1.82) is 0 Å². The Hall–Kier alpha value is -1.00. The summed E-state index contributed by atoms with van der Waals surface area (Å²) in [6.07, 6.45) is 1.40. The van der Waals surface area contributed by atoms with Crippen molar-refractivity contribution in [2.75, 3.05) is 13.2 Å². The van der Waals surface area contributed by atoms with Gasteiger partial charge in [-0.3, -0.25) is 0 Å². The molecule has 2 rings (SSSR count). The van der Waals surface area contributed by atoms with Gasteiger partial charge in [-0.2, -0.15) is 0 Å². The molecule has 0 spiro atoms. The monoisotopic (exact) mass is 283 g/mol. The van der Waals surface area contributed by atoms with Crippen LogP contribution in [0.2, 0.25) is 0 Å². The van der Waals surface area contributed by atoms with Gasteiger partial charge in [0.05, 0.1) is 6.10 Å². The molecule has 1 saturated heterocycles. The molecule has 4 heteroatoms. The first kappa shape index (κ1) is 15.4. The van der Waals surface area contributed by atoms with Gasteiger partial charge < -0.3 is 10.1 Å². The summed E-state index contributed by atoms with van der Waals surface area (Å²) in [7, 11) is 0. The minimum Gasteiger partial charge on any atom is -0.378 e. The lowest BCUT2D eigenvalue weighted by Crippen LogP contribution is -2.43. The van der Waals surface area contributed by atoms with Crippen LogP contribution in [0, 0.1) is 17.0 Å². The maximum Gasteiger partial charge on any atom is 0.126 e. The van der Waals surface area contributed by atoms with E-state index in [9.17, 15) is 8.78 Å². The van der Waals surface area contributed by atoms with Gasteiger partial charge in [-0.05, 0) is 43.5 Å². The van der Waals surface area contributed by atoms with E-state index in [1.165, 1.54) is 12.1 Å². The number of halogens is 2. The zero-order valence-electron chi connectivity index (χ0n) is 12.4. The Balaban J connectivity index is 2.21. The van der Waals surface area contributed by atoms with Gasteiger partial charge in [-0.25, -0.2) is 8.78 Å². The summed E-state index contributed by atoms with van der Waals surface area (Å²) in [5.41, 5.74) is 0.270. The van der Waals surface area contributed by atoms with Crippen LogP contribution in [0.15, 0.2) is 18.2 Å². The second kappa shape index (κ2) is 6.19. The summed E-state index contributed by atoms with van der Waals surface area (Å²) in [5.74, 6) is -0.727. The first-order valence-electron chi connectivity index (χ1n) is 7.22. The molecule has 0 radical (unpaired) electrons. The molecule has 0 aliphatic carbocycles. The highest BCUT2D eigenvalue weighted by atomic mass is 19.1. The second-order valence-electron chi connectivity index (χ2n) is 6.07. The summed E-state index contributed by atoms with van der Waals surface area (Å²) in [4.78, 5) is 0. The molecule has 0 bridgehead atoms. The molecule has 0 saturated carbocycles. The average molecular weight is 283 g/mol. The van der Waals surface area contributed by atoms with Crippen molar-refractivity contribution in [3.63, 3.8) is 0 Å². The molecule has 0 amide bonds. The van der Waals surface area contributed by atoms with Crippen molar-refractivity contribution < 1.29 is 13.5 Å². The Morgan fingerprint density at radius 1 is 1.40 bits per heavy atom. The van der Waals surface area contributed by atoms with Gasteiger partial charge in [0.15, 0.2) is 0 Å². The van der Waals surface area contributed by atoms with Crippen molar-refractivity contribution in [3.05, 3.63) is 35.4 Å². The van der Waals surface area contributed by atoms with Crippen LogP contribution in [-0.4, -0.2) is 25.3 Å². The quantitative estimate of drug-likeness (QED) is 0.895. The lowest BCUT2D eigenvalue weighted by Gasteiger charge is -2.33. The maximum absolute atomic E-state index is 13.9. The second-order valence-corrected chi connectivity index (χ2v) is 6.07. The Morgan fingerprint density at radius 2 is 2.15 bits per heavy atom. The van der Waals surface area contributed by atoms with Crippen LogP contribution < -0.4 is 5.32 Å². The van der Waals surface area contributed by atoms with E-state index in [-0.39, 0.29) is 23.2 Å². The summed E-state index contributed by atoms with van der Waals surface area (Å²) in [6, 6.07) is 4.02. The Morgan fingerprint density at radius 3 is 2.75 bits per heavy atom. The fourth-order valence-electron chi connectivity index (χ4n) is 2.81. The normalized spacial score (nSPS) is 26.4. The van der Waals surface area contributed by atoms with Gasteiger partial charge in [-0.1, -0.05) is 13.8 Å². The number of hydrogen-bond donors (Lipinski definition) is 1. The molecular formula is C16H23F2NO. The highest BCUT2D eigenvalue weighted by molar-refractivity contribution is 5.21. The number of nitrogens with one attached hydrogen (secondary N) is 1. The molecule has 2 nitrogen and oxygen atoms in total. The molecule has 1 N–H and O–H groups in total. The Kier molecular flexibility index (Phi) is 4.76. The number of rotatable bonds is 5. The molecule has 2 unspecified atom stereocenters. The summed E-state index contributed by atoms with van der Waals surface area (Å²) >= 11 is 0. The van der Waals surface area contributed by atoms with Crippen LogP contribution in [0.25, 0.3) is 0 Å². The average Bonchev–Trinajstić information content (AvgIpc) is 2.73. The largest absolute Gasteiger partial charge is 0.378 e. The Bertz CT molecular complexity index is 464. The topological polar surface area (TPSA) is 21.3 Å². The number of ether oxygens (including phenoxy) is 1. The van der Waals surface area contributed by atoms with Gasteiger partial charge >= 0.3 is 0 Å². The molecule has 2 atom stereocenters. The van der Waals surface area contributed by atoms with Crippen LogP contribution in [-0.2, 0) is 11.2 Å². The SMILES string of the molecule is CC(C)NCC1(Cc2cc(F)ccc2F)CCOC1C. The van der Waals surface area contributed by atoms with Crippen molar-refractivity contribution in [3.8, 4) is 0 Å². The standard InChI is InChI=1S/C16H23F2NO/c1-11(2)19-10-16(6-7-20-12(16)3)9-13-8-14(17)4-5-15(13)18/h4-5,8,11-12,19H,6-7,9-10H2,1-3H3. The molecule has 0 aromatic heterocycles. The predicted octanol–water partition coefficient (Wildman–Crippen LogP) is 3.30. The van der Waals surface area contributed by atoms with Crippen LogP contribution in [0.4, 0.5) is 8.78 Å². The summed E-state index contributed by atoms with van der Waals surface area (Å²) in [5, 5.41) is 3.42. The van der Waals surface area contributed by atoms with E-state index in [4.69, 9.17) is 4.74 Å². The highest BCUT2D eigenvalue weighted by Gasteiger charge is 2.41. The summed E-state index contributed by atoms with van der Waals surface area (Å²) < 4.78 is 32.9. The van der Waals surface area contributed by atoms with E-state index in [1.807, 2.05) is 6.92 Å². The third-order valence-corrected chi connectivity index (χ3v) is 4.24. The molecule has 1 aliphatic heterocycles. The zero-order valence-corrected chi connectivity index (χ0v) is 12.4. The molecule has 1 heterocycles. The minimum absolute atomic E-state index is 0.0383. The molecule has 112 valence electrons. The first-order valence-corrected chi connectivity index (χ1v) is 7.22. The van der Waals surface area contributed by atoms with Gasteiger partial charge in [0.2, 0.25) is 0 Å². The fraction of sp³-hybridized carbons (Fsp3) is 0.625. The minimum atomic E-state index is -0.389. The maximum atomic E-state index is 13.9. The van der Waals surface area contributed by atoms with E-state index >= 15 is 0 Å². The predicted molar refractivity (Wildman–Crippen MR) is 75.7 cm³/mol. The van der Waals surface area contributed by atoms with Crippen molar-refractivity contribution >= 4 is 0 Å². The van der Waals surface area contributed by atoms with Crippen LogP contribution in [0.1, 0.15) is 32.8 Å². The number of hydrogen-bond acceptors (Lipinski definition) is 2. The van der Waals surface area contributed by atoms with Crippen LogP contribution in [0.5, 0.6) is 0 Å². The highest BCUT2D eigenvalue weighted by Crippen LogP contribution is 2.38. The molecule has 1 aliphatic rings. The smallest absolute Gasteiger partial charge is 0.126 e. The molecule has 1 fully saturated rings.